The van der Waals surface area contributed by atoms with Crippen molar-refractivity contribution in [1.82, 2.24) is 14.5 Å². The van der Waals surface area contributed by atoms with E-state index in [0.717, 1.165) is 5.69 Å². The largest absolute Gasteiger partial charge is 0.421 e. The van der Waals surface area contributed by atoms with E-state index in [1.54, 1.807) is 11.4 Å². The van der Waals surface area contributed by atoms with Gasteiger partial charge in [0.15, 0.2) is 0 Å². The number of aromatic nitrogens is 2. The van der Waals surface area contributed by atoms with Crippen LogP contribution in [0.25, 0.3) is 11.5 Å². The van der Waals surface area contributed by atoms with Gasteiger partial charge in [0.2, 0.25) is 11.8 Å². The Morgan fingerprint density at radius 1 is 1.18 bits per heavy atom. The Kier molecular flexibility index (Phi) is 5.42. The molecule has 0 amide bonds. The molecule has 0 atom stereocenters. The third-order valence-electron chi connectivity index (χ3n) is 4.60. The summed E-state index contributed by atoms with van der Waals surface area (Å²) in [5.41, 5.74) is 1.64. The molecule has 1 saturated heterocycles. The van der Waals surface area contributed by atoms with Crippen molar-refractivity contribution in [2.45, 2.75) is 17.6 Å². The molecule has 1 aliphatic rings. The van der Waals surface area contributed by atoms with Crippen molar-refractivity contribution >= 4 is 38.6 Å². The number of thiophene rings is 1. The zero-order valence-corrected chi connectivity index (χ0v) is 17.6. The Morgan fingerprint density at radius 2 is 1.96 bits per heavy atom. The minimum absolute atomic E-state index is 0.287. The minimum Gasteiger partial charge on any atom is -0.421 e. The zero-order chi connectivity index (χ0) is 19.7. The fourth-order valence-electron chi connectivity index (χ4n) is 3.06. The van der Waals surface area contributed by atoms with Crippen LogP contribution >= 0.6 is 22.9 Å². The molecule has 28 heavy (non-hydrogen) atoms. The third kappa shape index (κ3) is 3.80. The van der Waals surface area contributed by atoms with Crippen molar-refractivity contribution in [1.29, 1.82) is 0 Å². The number of rotatable bonds is 5. The predicted molar refractivity (Wildman–Crippen MR) is 109 cm³/mol. The van der Waals surface area contributed by atoms with Crippen LogP contribution < -0.4 is 4.90 Å². The number of hydrogen-bond acceptors (Lipinski definition) is 7. The van der Waals surface area contributed by atoms with E-state index < -0.39 is 10.0 Å². The first-order valence-electron chi connectivity index (χ1n) is 8.89. The van der Waals surface area contributed by atoms with Crippen molar-refractivity contribution < 1.29 is 12.8 Å². The van der Waals surface area contributed by atoms with Gasteiger partial charge in [-0.3, -0.25) is 0 Å². The van der Waals surface area contributed by atoms with Crippen LogP contribution in [0.4, 0.5) is 5.69 Å². The second-order valence-corrected chi connectivity index (χ2v) is 9.89. The van der Waals surface area contributed by atoms with Crippen LogP contribution in [-0.2, 0) is 16.4 Å². The van der Waals surface area contributed by atoms with Crippen LogP contribution in [-0.4, -0.2) is 49.1 Å². The second kappa shape index (κ2) is 7.82. The highest BCUT2D eigenvalue weighted by atomic mass is 35.5. The van der Waals surface area contributed by atoms with Gasteiger partial charge in [0.1, 0.15) is 4.21 Å². The number of sulfonamides is 1. The van der Waals surface area contributed by atoms with Crippen molar-refractivity contribution in [3.05, 3.63) is 46.6 Å². The Labute approximate surface area is 172 Å². The summed E-state index contributed by atoms with van der Waals surface area (Å²) in [4.78, 5) is 2.14. The Balaban J connectivity index is 1.47. The normalized spacial score (nSPS) is 15.9. The number of hydrogen-bond donors (Lipinski definition) is 0. The molecule has 10 heteroatoms. The number of piperazine rings is 1. The number of anilines is 1. The highest BCUT2D eigenvalue weighted by Gasteiger charge is 2.30. The van der Waals surface area contributed by atoms with Crippen LogP contribution in [0.2, 0.25) is 5.02 Å². The van der Waals surface area contributed by atoms with E-state index in [1.807, 2.05) is 31.2 Å². The summed E-state index contributed by atoms with van der Waals surface area (Å²) in [6.45, 7) is 3.98. The standard InChI is InChI=1S/C18H19ClN4O3S2/c1-2-16-20-21-18(26-16)13-10-17(27-12-13)28(24,25)23-8-6-22(7-9-23)15-5-3-4-14(19)11-15/h3-5,10-12H,2,6-9H2,1H3. The van der Waals surface area contributed by atoms with Gasteiger partial charge < -0.3 is 9.32 Å². The van der Waals surface area contributed by atoms with Crippen molar-refractivity contribution in [3.8, 4) is 11.5 Å². The van der Waals surface area contributed by atoms with Gasteiger partial charge in [-0.1, -0.05) is 24.6 Å². The minimum atomic E-state index is -3.55. The Morgan fingerprint density at radius 3 is 2.64 bits per heavy atom. The van der Waals surface area contributed by atoms with Crippen LogP contribution in [0.5, 0.6) is 0 Å². The van der Waals surface area contributed by atoms with E-state index in [0.29, 0.717) is 55.0 Å². The SMILES string of the molecule is CCc1nnc(-c2csc(S(=O)(=O)N3CCN(c4cccc(Cl)c4)CC3)c2)o1. The van der Waals surface area contributed by atoms with E-state index in [9.17, 15) is 8.42 Å². The maximum Gasteiger partial charge on any atom is 0.252 e. The number of benzene rings is 1. The zero-order valence-electron chi connectivity index (χ0n) is 15.2. The van der Waals surface area contributed by atoms with Gasteiger partial charge in [-0.2, -0.15) is 4.31 Å². The van der Waals surface area contributed by atoms with Gasteiger partial charge >= 0.3 is 0 Å². The summed E-state index contributed by atoms with van der Waals surface area (Å²) in [6.07, 6.45) is 0.638. The molecular weight excluding hydrogens is 420 g/mol. The second-order valence-electron chi connectivity index (χ2n) is 6.38. The molecule has 2 aromatic heterocycles. The summed E-state index contributed by atoms with van der Waals surface area (Å²) >= 11 is 7.23. The summed E-state index contributed by atoms with van der Waals surface area (Å²) in [6, 6.07) is 9.21. The maximum atomic E-state index is 13.0. The number of aryl methyl sites for hydroxylation is 1. The number of halogens is 1. The first kappa shape index (κ1) is 19.4. The van der Waals surface area contributed by atoms with Gasteiger partial charge in [-0.15, -0.1) is 21.5 Å². The molecule has 3 heterocycles. The van der Waals surface area contributed by atoms with Crippen molar-refractivity contribution in [2.24, 2.45) is 0 Å². The first-order chi connectivity index (χ1) is 13.5. The fraction of sp³-hybridized carbons (Fsp3) is 0.333. The van der Waals surface area contributed by atoms with Gasteiger partial charge in [-0.25, -0.2) is 8.42 Å². The smallest absolute Gasteiger partial charge is 0.252 e. The monoisotopic (exact) mass is 438 g/mol. The molecule has 0 unspecified atom stereocenters. The summed E-state index contributed by atoms with van der Waals surface area (Å²) in [7, 11) is -3.55. The van der Waals surface area contributed by atoms with Gasteiger partial charge in [-0.05, 0) is 24.3 Å². The molecule has 3 aromatic rings. The molecule has 4 rings (SSSR count). The van der Waals surface area contributed by atoms with E-state index in [1.165, 1.54) is 15.6 Å². The number of nitrogens with zero attached hydrogens (tertiary/aromatic N) is 4. The average Bonchev–Trinajstić information content (AvgIpc) is 3.37. The van der Waals surface area contributed by atoms with Crippen molar-refractivity contribution in [2.75, 3.05) is 31.1 Å². The lowest BCUT2D eigenvalue weighted by Gasteiger charge is -2.35. The highest BCUT2D eigenvalue weighted by molar-refractivity contribution is 7.91. The van der Waals surface area contributed by atoms with Crippen LogP contribution in [0, 0.1) is 0 Å². The van der Waals surface area contributed by atoms with Crippen LogP contribution in [0.15, 0.2) is 44.3 Å². The average molecular weight is 439 g/mol. The molecule has 1 aliphatic heterocycles. The van der Waals surface area contributed by atoms with E-state index in [4.69, 9.17) is 16.0 Å². The summed E-state index contributed by atoms with van der Waals surface area (Å²) in [5.74, 6) is 0.878. The molecule has 0 bridgehead atoms. The third-order valence-corrected chi connectivity index (χ3v) is 8.15. The Hall–Kier alpha value is -1.94. The lowest BCUT2D eigenvalue weighted by Crippen LogP contribution is -2.48. The molecule has 1 fully saturated rings. The molecule has 0 N–H and O–H groups in total. The van der Waals surface area contributed by atoms with Gasteiger partial charge in [0.25, 0.3) is 10.0 Å². The first-order valence-corrected chi connectivity index (χ1v) is 11.6. The lowest BCUT2D eigenvalue weighted by molar-refractivity contribution is 0.386. The highest BCUT2D eigenvalue weighted by Crippen LogP contribution is 2.31. The molecule has 148 valence electrons. The van der Waals surface area contributed by atoms with Crippen LogP contribution in [0.1, 0.15) is 12.8 Å². The van der Waals surface area contributed by atoms with Crippen molar-refractivity contribution in [3.63, 3.8) is 0 Å². The fourth-order valence-corrected chi connectivity index (χ4v) is 5.98. The lowest BCUT2D eigenvalue weighted by atomic mass is 10.2. The van der Waals surface area contributed by atoms with E-state index >= 15 is 0 Å². The molecule has 1 aromatic carbocycles. The quantitative estimate of drug-likeness (QED) is 0.606. The van der Waals surface area contributed by atoms with E-state index in [-0.39, 0.29) is 4.21 Å². The molecule has 0 aliphatic carbocycles. The molecule has 0 spiro atoms. The molecule has 0 radical (unpaired) electrons. The topological polar surface area (TPSA) is 79.5 Å². The van der Waals surface area contributed by atoms with Gasteiger partial charge in [0, 0.05) is 48.7 Å². The molecule has 0 saturated carbocycles. The summed E-state index contributed by atoms with van der Waals surface area (Å²) < 4.78 is 33.4. The van der Waals surface area contributed by atoms with E-state index in [2.05, 4.69) is 15.1 Å². The molecular formula is C18H19ClN4O3S2. The predicted octanol–water partition coefficient (Wildman–Crippen LogP) is 3.52. The van der Waals surface area contributed by atoms with Gasteiger partial charge in [0.05, 0.1) is 5.56 Å². The maximum absolute atomic E-state index is 13.0. The summed E-state index contributed by atoms with van der Waals surface area (Å²) in [5, 5.41) is 10.3. The van der Waals surface area contributed by atoms with Crippen LogP contribution in [0.3, 0.4) is 0 Å². The molecule has 7 nitrogen and oxygen atoms in total. The Bertz CT molecular complexity index is 1070.